The first-order valence-corrected chi connectivity index (χ1v) is 5.94. The van der Waals surface area contributed by atoms with E-state index in [1.807, 2.05) is 19.9 Å². The van der Waals surface area contributed by atoms with Gasteiger partial charge >= 0.3 is 0 Å². The average Bonchev–Trinajstić information content (AvgIpc) is 2.63. The quantitative estimate of drug-likeness (QED) is 0.748. The monoisotopic (exact) mass is 240 g/mol. The first-order valence-electron chi connectivity index (χ1n) is 6.94. The molecule has 17 heavy (non-hydrogen) atoms. The lowest BCUT2D eigenvalue weighted by atomic mass is 9.83. The Kier molecular flexibility index (Phi) is 5.50. The van der Waals surface area contributed by atoms with Gasteiger partial charge in [-0.2, -0.15) is 0 Å². The molecule has 2 nitrogen and oxygen atoms in total. The van der Waals surface area contributed by atoms with Crippen LogP contribution in [-0.2, 0) is 4.79 Å². The topological polar surface area (TPSA) is 37.3 Å². The van der Waals surface area contributed by atoms with Crippen LogP contribution in [0.3, 0.4) is 0 Å². The predicted molar refractivity (Wildman–Crippen MR) is 72.8 cm³/mol. The van der Waals surface area contributed by atoms with Crippen LogP contribution in [0.4, 0.5) is 0 Å². The third kappa shape index (κ3) is 4.12. The standard InChI is InChI=1S/C14H22O2.CH4/c1-4-5-6-7-11(3)14(16)13-10(2)8-9-12(13)15;/h4-6,10-11,13-14,16H,1,7-9H2,2-3H3;1H4/t10?,11-,13-,14?;/m1./s1/i1D2;. The van der Waals surface area contributed by atoms with E-state index in [1.165, 1.54) is 6.08 Å². The Morgan fingerprint density at radius 1 is 1.71 bits per heavy atom. The fraction of sp³-hybridized carbons (Fsp3) is 0.667. The van der Waals surface area contributed by atoms with Crippen molar-refractivity contribution in [2.45, 2.75) is 46.6 Å². The Hall–Kier alpha value is -0.890. The summed E-state index contributed by atoms with van der Waals surface area (Å²) in [6.07, 6.45) is 6.42. The number of carbonyl (C=O) groups excluding carboxylic acids is 1. The largest absolute Gasteiger partial charge is 0.392 e. The number of carbonyl (C=O) groups is 1. The van der Waals surface area contributed by atoms with Crippen molar-refractivity contribution in [2.24, 2.45) is 17.8 Å². The first-order chi connectivity index (χ1) is 8.43. The van der Waals surface area contributed by atoms with Crippen LogP contribution in [0.25, 0.3) is 0 Å². The minimum Gasteiger partial charge on any atom is -0.392 e. The van der Waals surface area contributed by atoms with Gasteiger partial charge in [0.1, 0.15) is 5.78 Å². The lowest BCUT2D eigenvalue weighted by Crippen LogP contribution is -2.33. The van der Waals surface area contributed by atoms with E-state index in [0.29, 0.717) is 12.8 Å². The highest BCUT2D eigenvalue weighted by Crippen LogP contribution is 2.34. The minimum absolute atomic E-state index is 0. The maximum absolute atomic E-state index is 11.7. The van der Waals surface area contributed by atoms with Gasteiger partial charge < -0.3 is 5.11 Å². The Balaban J connectivity index is 0.00000324. The van der Waals surface area contributed by atoms with Gasteiger partial charge in [0, 0.05) is 12.3 Å². The summed E-state index contributed by atoms with van der Waals surface area (Å²) in [5, 5.41) is 10.2. The zero-order valence-electron chi connectivity index (χ0n) is 12.0. The molecule has 1 aliphatic carbocycles. The zero-order chi connectivity index (χ0) is 13.7. The van der Waals surface area contributed by atoms with Crippen LogP contribution in [0.2, 0.25) is 0 Å². The fourth-order valence-electron chi connectivity index (χ4n) is 2.42. The van der Waals surface area contributed by atoms with Crippen molar-refractivity contribution in [3.63, 3.8) is 0 Å². The molecule has 98 valence electrons. The molecule has 0 aromatic heterocycles. The Labute approximate surface area is 108 Å². The summed E-state index contributed by atoms with van der Waals surface area (Å²) in [5.74, 6) is 0.258. The second-order valence-electron chi connectivity index (χ2n) is 4.81. The minimum atomic E-state index is -0.588. The molecule has 1 rings (SSSR count). The third-order valence-electron chi connectivity index (χ3n) is 3.52. The molecule has 4 atom stereocenters. The number of aliphatic hydroxyl groups is 1. The SMILES string of the molecule is C.[2H]C([2H])=CC=CC[C@@H](C)C(O)[C@H]1C(=O)CCC1C. The Bertz CT molecular complexity index is 346. The average molecular weight is 240 g/mol. The molecule has 1 saturated carbocycles. The molecular formula is C15H26O2. The van der Waals surface area contributed by atoms with E-state index in [2.05, 4.69) is 0 Å². The summed E-state index contributed by atoms with van der Waals surface area (Å²) in [6.45, 7) is 3.72. The molecule has 0 aromatic rings. The van der Waals surface area contributed by atoms with Crippen LogP contribution in [0.1, 0.15) is 43.3 Å². The molecule has 0 spiro atoms. The third-order valence-corrected chi connectivity index (χ3v) is 3.52. The van der Waals surface area contributed by atoms with E-state index < -0.39 is 6.10 Å². The molecule has 0 heterocycles. The number of ketones is 1. The molecular weight excluding hydrogens is 212 g/mol. The molecule has 2 unspecified atom stereocenters. The molecule has 0 aliphatic heterocycles. The summed E-state index contributed by atoms with van der Waals surface area (Å²) in [5.41, 5.74) is 0. The van der Waals surface area contributed by atoms with Crippen LogP contribution in [-0.4, -0.2) is 17.0 Å². The highest BCUT2D eigenvalue weighted by molar-refractivity contribution is 5.83. The summed E-state index contributed by atoms with van der Waals surface area (Å²) in [4.78, 5) is 11.7. The molecule has 1 N–H and O–H groups in total. The van der Waals surface area contributed by atoms with Gasteiger partial charge in [-0.05, 0) is 24.7 Å². The number of rotatable bonds is 5. The van der Waals surface area contributed by atoms with Crippen molar-refractivity contribution in [2.75, 3.05) is 0 Å². The van der Waals surface area contributed by atoms with Gasteiger partial charge in [-0.15, -0.1) is 0 Å². The van der Waals surface area contributed by atoms with Gasteiger partial charge in [0.2, 0.25) is 0 Å². The lowest BCUT2D eigenvalue weighted by molar-refractivity contribution is -0.125. The van der Waals surface area contributed by atoms with Crippen LogP contribution >= 0.6 is 0 Å². The van der Waals surface area contributed by atoms with Crippen molar-refractivity contribution >= 4 is 5.78 Å². The van der Waals surface area contributed by atoms with E-state index >= 15 is 0 Å². The molecule has 0 bridgehead atoms. The Morgan fingerprint density at radius 2 is 2.41 bits per heavy atom. The van der Waals surface area contributed by atoms with Gasteiger partial charge in [-0.3, -0.25) is 4.79 Å². The molecule has 2 heteroatoms. The molecule has 1 aliphatic rings. The lowest BCUT2D eigenvalue weighted by Gasteiger charge is -2.25. The van der Waals surface area contributed by atoms with E-state index in [4.69, 9.17) is 2.74 Å². The smallest absolute Gasteiger partial charge is 0.138 e. The van der Waals surface area contributed by atoms with Gasteiger partial charge in [0.15, 0.2) is 0 Å². The second-order valence-corrected chi connectivity index (χ2v) is 4.81. The van der Waals surface area contributed by atoms with E-state index in [9.17, 15) is 9.90 Å². The number of hydrogen-bond acceptors (Lipinski definition) is 2. The highest BCUT2D eigenvalue weighted by atomic mass is 16.3. The maximum Gasteiger partial charge on any atom is 0.138 e. The zero-order valence-corrected chi connectivity index (χ0v) is 10.0. The van der Waals surface area contributed by atoms with Crippen molar-refractivity contribution < 1.29 is 12.6 Å². The summed E-state index contributed by atoms with van der Waals surface area (Å²) in [7, 11) is 0. The van der Waals surface area contributed by atoms with E-state index in [-0.39, 0.29) is 37.5 Å². The normalized spacial score (nSPS) is 29.2. The van der Waals surface area contributed by atoms with Crippen LogP contribution in [0.5, 0.6) is 0 Å². The van der Waals surface area contributed by atoms with E-state index in [1.54, 1.807) is 6.08 Å². The van der Waals surface area contributed by atoms with Gasteiger partial charge in [0.05, 0.1) is 8.85 Å². The molecule has 0 aromatic carbocycles. The van der Waals surface area contributed by atoms with Crippen LogP contribution < -0.4 is 0 Å². The Morgan fingerprint density at radius 3 is 2.94 bits per heavy atom. The number of aliphatic hydroxyl groups excluding tert-OH is 1. The van der Waals surface area contributed by atoms with Gasteiger partial charge in [-0.25, -0.2) is 0 Å². The number of allylic oxidation sites excluding steroid dienone is 3. The fourth-order valence-corrected chi connectivity index (χ4v) is 2.42. The van der Waals surface area contributed by atoms with Crippen molar-refractivity contribution in [3.8, 4) is 0 Å². The van der Waals surface area contributed by atoms with Gasteiger partial charge in [0.25, 0.3) is 0 Å². The molecule has 0 amide bonds. The van der Waals surface area contributed by atoms with E-state index in [0.717, 1.165) is 6.42 Å². The van der Waals surface area contributed by atoms with Crippen molar-refractivity contribution in [1.82, 2.24) is 0 Å². The van der Waals surface area contributed by atoms with Crippen LogP contribution in [0.15, 0.2) is 24.8 Å². The number of Topliss-reactive ketones (excluding diaryl/α,β-unsaturated/α-hetero) is 1. The highest BCUT2D eigenvalue weighted by Gasteiger charge is 2.38. The molecule has 1 fully saturated rings. The predicted octanol–water partition coefficient (Wildman–Crippen LogP) is 3.37. The summed E-state index contributed by atoms with van der Waals surface area (Å²) < 4.78 is 13.8. The number of hydrogen-bond donors (Lipinski definition) is 1. The second kappa shape index (κ2) is 7.44. The molecule has 0 saturated heterocycles. The van der Waals surface area contributed by atoms with Gasteiger partial charge in [-0.1, -0.05) is 46.0 Å². The maximum atomic E-state index is 11.7. The van der Waals surface area contributed by atoms with Crippen molar-refractivity contribution in [1.29, 1.82) is 0 Å². The summed E-state index contributed by atoms with van der Waals surface area (Å²) >= 11 is 0. The molecule has 0 radical (unpaired) electrons. The summed E-state index contributed by atoms with van der Waals surface area (Å²) in [6, 6.07) is 0. The first kappa shape index (κ1) is 12.6. The van der Waals surface area contributed by atoms with Crippen molar-refractivity contribution in [3.05, 3.63) is 24.8 Å². The van der Waals surface area contributed by atoms with Crippen LogP contribution in [0, 0.1) is 17.8 Å².